The molecular weight excluding hydrogens is 490 g/mol. The number of halogens is 2. The van der Waals surface area contributed by atoms with Crippen LogP contribution in [0.1, 0.15) is 38.3 Å². The van der Waals surface area contributed by atoms with Gasteiger partial charge in [-0.15, -0.1) is 0 Å². The molecule has 1 aliphatic rings. The highest BCUT2D eigenvalue weighted by atomic mass is 127. The second kappa shape index (κ2) is 8.31. The van der Waals surface area contributed by atoms with Crippen LogP contribution < -0.4 is 5.32 Å². The number of piperazine rings is 1. The van der Waals surface area contributed by atoms with E-state index in [4.69, 9.17) is 0 Å². The molecule has 3 nitrogen and oxygen atoms in total. The number of nitrogens with zero attached hydrogens (tertiary/aromatic N) is 1. The first-order valence-corrected chi connectivity index (χ1v) is 9.77. The van der Waals surface area contributed by atoms with Gasteiger partial charge in [-0.05, 0) is 76.1 Å². The zero-order chi connectivity index (χ0) is 15.4. The third-order valence-electron chi connectivity index (χ3n) is 4.03. The van der Waals surface area contributed by atoms with Crippen LogP contribution >= 0.6 is 45.2 Å². The molecule has 5 heteroatoms. The molecule has 0 aromatic heterocycles. The van der Waals surface area contributed by atoms with E-state index in [1.54, 1.807) is 0 Å². The Hall–Kier alpha value is 0.400. The van der Waals surface area contributed by atoms with E-state index in [-0.39, 0.29) is 0 Å². The first kappa shape index (κ1) is 17.7. The van der Waals surface area contributed by atoms with Gasteiger partial charge in [0.2, 0.25) is 0 Å². The fourth-order valence-electron chi connectivity index (χ4n) is 2.86. The van der Waals surface area contributed by atoms with E-state index in [0.29, 0.717) is 17.7 Å². The Balaban J connectivity index is 2.29. The molecule has 1 atom stereocenters. The lowest BCUT2D eigenvalue weighted by molar-refractivity contribution is 0.157. The Morgan fingerprint density at radius 2 is 1.86 bits per heavy atom. The fraction of sp³-hybridized carbons (Fsp3) is 0.625. The molecule has 0 bridgehead atoms. The van der Waals surface area contributed by atoms with Crippen molar-refractivity contribution >= 4 is 45.2 Å². The van der Waals surface area contributed by atoms with E-state index < -0.39 is 0 Å². The Labute approximate surface area is 155 Å². The molecule has 0 radical (unpaired) electrons. The van der Waals surface area contributed by atoms with Crippen molar-refractivity contribution in [3.8, 4) is 5.75 Å². The summed E-state index contributed by atoms with van der Waals surface area (Å²) in [5, 5.41) is 14.0. The lowest BCUT2D eigenvalue weighted by Gasteiger charge is -2.36. The van der Waals surface area contributed by atoms with Gasteiger partial charge in [0.1, 0.15) is 5.75 Å². The fourth-order valence-corrected chi connectivity index (χ4v) is 4.75. The number of hydrogen-bond donors (Lipinski definition) is 2. The highest BCUT2D eigenvalue weighted by molar-refractivity contribution is 14.1. The predicted octanol–water partition coefficient (Wildman–Crippen LogP) is 3.98. The van der Waals surface area contributed by atoms with Crippen LogP contribution in [0.2, 0.25) is 0 Å². The molecule has 1 aromatic rings. The Bertz CT molecular complexity index is 474. The summed E-state index contributed by atoms with van der Waals surface area (Å²) in [7, 11) is 0. The standard InChI is InChI=1S/C16H24I2N2O/c1-11(2)3-4-15(20-7-5-19-6-8-20)13-9-12(17)10-14(18)16(13)21/h9-11,15,19,21H,3-8H2,1-2H3/t15-/m1/s1. The summed E-state index contributed by atoms with van der Waals surface area (Å²) in [5.74, 6) is 1.17. The maximum Gasteiger partial charge on any atom is 0.133 e. The SMILES string of the molecule is CC(C)CC[C@H](c1cc(I)cc(I)c1O)N1CCNCC1. The van der Waals surface area contributed by atoms with Crippen LogP contribution in [0.4, 0.5) is 0 Å². The number of hydrogen-bond acceptors (Lipinski definition) is 3. The van der Waals surface area contributed by atoms with E-state index >= 15 is 0 Å². The topological polar surface area (TPSA) is 35.5 Å². The summed E-state index contributed by atoms with van der Waals surface area (Å²) in [6.45, 7) is 8.74. The van der Waals surface area contributed by atoms with Gasteiger partial charge in [0.15, 0.2) is 0 Å². The number of phenols is 1. The lowest BCUT2D eigenvalue weighted by atomic mass is 9.95. The molecule has 0 aliphatic carbocycles. The van der Waals surface area contributed by atoms with Gasteiger partial charge in [-0.2, -0.15) is 0 Å². The molecule has 1 fully saturated rings. The zero-order valence-electron chi connectivity index (χ0n) is 12.7. The van der Waals surface area contributed by atoms with Crippen LogP contribution in [-0.2, 0) is 0 Å². The van der Waals surface area contributed by atoms with E-state index in [1.807, 2.05) is 6.07 Å². The van der Waals surface area contributed by atoms with E-state index in [9.17, 15) is 5.11 Å². The van der Waals surface area contributed by atoms with Crippen LogP contribution in [0.15, 0.2) is 12.1 Å². The molecule has 0 saturated carbocycles. The van der Waals surface area contributed by atoms with Crippen molar-refractivity contribution in [2.24, 2.45) is 5.92 Å². The maximum absolute atomic E-state index is 10.5. The molecule has 1 saturated heterocycles. The van der Waals surface area contributed by atoms with Crippen LogP contribution in [-0.4, -0.2) is 36.2 Å². The van der Waals surface area contributed by atoms with Crippen molar-refractivity contribution in [1.29, 1.82) is 0 Å². The van der Waals surface area contributed by atoms with Crippen molar-refractivity contribution < 1.29 is 5.11 Å². The Kier molecular flexibility index (Phi) is 7.02. The number of phenolic OH excluding ortho intramolecular Hbond substituents is 1. The molecule has 1 heterocycles. The van der Waals surface area contributed by atoms with Crippen LogP contribution in [0.5, 0.6) is 5.75 Å². The third kappa shape index (κ3) is 4.94. The lowest BCUT2D eigenvalue weighted by Crippen LogP contribution is -2.45. The number of aromatic hydroxyl groups is 1. The summed E-state index contributed by atoms with van der Waals surface area (Å²) in [6, 6.07) is 4.53. The van der Waals surface area contributed by atoms with Crippen molar-refractivity contribution in [2.75, 3.05) is 26.2 Å². The van der Waals surface area contributed by atoms with Gasteiger partial charge < -0.3 is 10.4 Å². The molecule has 1 aromatic carbocycles. The second-order valence-electron chi connectivity index (χ2n) is 6.10. The van der Waals surface area contributed by atoms with Crippen molar-refractivity contribution in [1.82, 2.24) is 10.2 Å². The largest absolute Gasteiger partial charge is 0.506 e. The second-order valence-corrected chi connectivity index (χ2v) is 8.51. The van der Waals surface area contributed by atoms with E-state index in [1.165, 1.54) is 9.99 Å². The minimum Gasteiger partial charge on any atom is -0.506 e. The average molecular weight is 514 g/mol. The average Bonchev–Trinajstić information content (AvgIpc) is 2.45. The highest BCUT2D eigenvalue weighted by Gasteiger charge is 2.25. The van der Waals surface area contributed by atoms with E-state index in [0.717, 1.165) is 41.7 Å². The van der Waals surface area contributed by atoms with Gasteiger partial charge in [-0.1, -0.05) is 13.8 Å². The van der Waals surface area contributed by atoms with Crippen LogP contribution in [0, 0.1) is 13.1 Å². The minimum atomic E-state index is 0.331. The summed E-state index contributed by atoms with van der Waals surface area (Å²) in [6.07, 6.45) is 2.30. The molecule has 21 heavy (non-hydrogen) atoms. The quantitative estimate of drug-likeness (QED) is 0.584. The number of benzene rings is 1. The van der Waals surface area contributed by atoms with Crippen molar-refractivity contribution in [2.45, 2.75) is 32.7 Å². The van der Waals surface area contributed by atoms with Crippen LogP contribution in [0.3, 0.4) is 0 Å². The molecule has 0 unspecified atom stereocenters. The van der Waals surface area contributed by atoms with E-state index in [2.05, 4.69) is 75.3 Å². The first-order valence-electron chi connectivity index (χ1n) is 7.61. The summed E-state index contributed by atoms with van der Waals surface area (Å²) >= 11 is 4.58. The van der Waals surface area contributed by atoms with Gasteiger partial charge in [-0.25, -0.2) is 0 Å². The zero-order valence-corrected chi connectivity index (χ0v) is 17.0. The molecule has 0 amide bonds. The van der Waals surface area contributed by atoms with Crippen molar-refractivity contribution in [3.05, 3.63) is 24.8 Å². The smallest absolute Gasteiger partial charge is 0.133 e. The highest BCUT2D eigenvalue weighted by Crippen LogP contribution is 2.37. The molecule has 0 spiro atoms. The van der Waals surface area contributed by atoms with Gasteiger partial charge in [0, 0.05) is 41.4 Å². The molecule has 1 aliphatic heterocycles. The Morgan fingerprint density at radius 1 is 1.19 bits per heavy atom. The molecule has 2 rings (SSSR count). The van der Waals surface area contributed by atoms with Crippen LogP contribution in [0.25, 0.3) is 0 Å². The number of nitrogens with one attached hydrogen (secondary N) is 1. The molecule has 118 valence electrons. The molecular formula is C16H24I2N2O. The number of rotatable bonds is 5. The summed E-state index contributed by atoms with van der Waals surface area (Å²) in [5.41, 5.74) is 1.11. The minimum absolute atomic E-state index is 0.331. The summed E-state index contributed by atoms with van der Waals surface area (Å²) in [4.78, 5) is 2.53. The van der Waals surface area contributed by atoms with Crippen molar-refractivity contribution in [3.63, 3.8) is 0 Å². The van der Waals surface area contributed by atoms with Gasteiger partial charge in [-0.3, -0.25) is 4.90 Å². The molecule has 2 N–H and O–H groups in total. The van der Waals surface area contributed by atoms with Gasteiger partial charge >= 0.3 is 0 Å². The maximum atomic E-state index is 10.5. The Morgan fingerprint density at radius 3 is 2.48 bits per heavy atom. The third-order valence-corrected chi connectivity index (χ3v) is 5.47. The monoisotopic (exact) mass is 514 g/mol. The normalized spacial score (nSPS) is 18.1. The van der Waals surface area contributed by atoms with Gasteiger partial charge in [0.05, 0.1) is 3.57 Å². The van der Waals surface area contributed by atoms with Gasteiger partial charge in [0.25, 0.3) is 0 Å². The predicted molar refractivity (Wildman–Crippen MR) is 105 cm³/mol. The summed E-state index contributed by atoms with van der Waals surface area (Å²) < 4.78 is 2.16. The first-order chi connectivity index (χ1) is 9.99.